The van der Waals surface area contributed by atoms with Crippen LogP contribution in [-0.2, 0) is 15.1 Å². The van der Waals surface area contributed by atoms with Gasteiger partial charge in [0.2, 0.25) is 5.91 Å². The molecule has 0 aromatic heterocycles. The van der Waals surface area contributed by atoms with Gasteiger partial charge in [-0.15, -0.1) is 0 Å². The van der Waals surface area contributed by atoms with Crippen molar-refractivity contribution in [1.82, 2.24) is 10.2 Å². The van der Waals surface area contributed by atoms with Gasteiger partial charge in [-0.1, -0.05) is 71.2 Å². The Bertz CT molecular complexity index is 1250. The molecule has 3 aromatic carbocycles. The summed E-state index contributed by atoms with van der Waals surface area (Å²) in [6.07, 6.45) is 0. The molecule has 0 spiro atoms. The Balaban J connectivity index is 1.55. The molecule has 6 nitrogen and oxygen atoms in total. The summed E-state index contributed by atoms with van der Waals surface area (Å²) in [4.78, 5) is 39.0. The third-order valence-electron chi connectivity index (χ3n) is 5.19. The first kappa shape index (κ1) is 21.4. The Morgan fingerprint density at radius 1 is 0.968 bits per heavy atom. The molecule has 1 heterocycles. The van der Waals surface area contributed by atoms with Crippen molar-refractivity contribution in [2.75, 3.05) is 11.9 Å². The van der Waals surface area contributed by atoms with Gasteiger partial charge in [0, 0.05) is 0 Å². The maximum absolute atomic E-state index is 13.1. The zero-order valence-electron chi connectivity index (χ0n) is 16.2. The maximum atomic E-state index is 13.1. The number of rotatable bonds is 4. The predicted molar refractivity (Wildman–Crippen MR) is 122 cm³/mol. The topological polar surface area (TPSA) is 78.5 Å². The Morgan fingerprint density at radius 3 is 2.39 bits per heavy atom. The molecule has 1 aliphatic rings. The summed E-state index contributed by atoms with van der Waals surface area (Å²) >= 11 is 17.9. The summed E-state index contributed by atoms with van der Waals surface area (Å²) in [5.41, 5.74) is -0.437. The molecule has 31 heavy (non-hydrogen) atoms. The fourth-order valence-electron chi connectivity index (χ4n) is 3.49. The molecule has 0 aliphatic carbocycles. The first-order valence-corrected chi connectivity index (χ1v) is 10.4. The number of urea groups is 1. The highest BCUT2D eigenvalue weighted by atomic mass is 35.5. The van der Waals surface area contributed by atoms with E-state index in [1.54, 1.807) is 13.0 Å². The lowest BCUT2D eigenvalue weighted by Gasteiger charge is -2.22. The van der Waals surface area contributed by atoms with Gasteiger partial charge in [0.1, 0.15) is 12.1 Å². The van der Waals surface area contributed by atoms with Crippen molar-refractivity contribution in [3.05, 3.63) is 75.2 Å². The van der Waals surface area contributed by atoms with E-state index in [9.17, 15) is 14.4 Å². The number of nitrogens with one attached hydrogen (secondary N) is 2. The number of nitrogens with zero attached hydrogens (tertiary/aromatic N) is 1. The lowest BCUT2D eigenvalue weighted by Crippen LogP contribution is -2.42. The Hall–Kier alpha value is -2.80. The van der Waals surface area contributed by atoms with E-state index in [0.717, 1.165) is 15.7 Å². The maximum Gasteiger partial charge on any atom is 0.325 e. The van der Waals surface area contributed by atoms with Crippen LogP contribution in [0.3, 0.4) is 0 Å². The van der Waals surface area contributed by atoms with E-state index in [1.807, 2.05) is 36.4 Å². The summed E-state index contributed by atoms with van der Waals surface area (Å²) in [7, 11) is 0. The van der Waals surface area contributed by atoms with Gasteiger partial charge in [0.25, 0.3) is 5.91 Å². The van der Waals surface area contributed by atoms with E-state index in [4.69, 9.17) is 34.8 Å². The number of carbonyl (C=O) groups excluding carboxylic acids is 3. The van der Waals surface area contributed by atoms with E-state index >= 15 is 0 Å². The van der Waals surface area contributed by atoms with Crippen LogP contribution in [0, 0.1) is 0 Å². The average Bonchev–Trinajstić information content (AvgIpc) is 2.95. The molecule has 1 fully saturated rings. The van der Waals surface area contributed by atoms with Crippen LogP contribution >= 0.6 is 34.8 Å². The van der Waals surface area contributed by atoms with E-state index in [1.165, 1.54) is 12.1 Å². The van der Waals surface area contributed by atoms with Crippen LogP contribution in [-0.4, -0.2) is 29.3 Å². The molecule has 9 heteroatoms. The first-order chi connectivity index (χ1) is 14.7. The summed E-state index contributed by atoms with van der Waals surface area (Å²) in [5.74, 6) is -1.13. The van der Waals surface area contributed by atoms with E-state index in [0.29, 0.717) is 5.56 Å². The zero-order valence-corrected chi connectivity index (χ0v) is 18.5. The normalized spacial score (nSPS) is 18.4. The molecule has 4 amide bonds. The number of carbonyl (C=O) groups is 3. The van der Waals surface area contributed by atoms with Gasteiger partial charge in [-0.2, -0.15) is 0 Å². The minimum Gasteiger partial charge on any atom is -0.323 e. The molecule has 0 bridgehead atoms. The fraction of sp³-hybridized carbons (Fsp3) is 0.136. The summed E-state index contributed by atoms with van der Waals surface area (Å²) in [6, 6.07) is 15.4. The van der Waals surface area contributed by atoms with E-state index in [-0.39, 0.29) is 20.8 Å². The second-order valence-electron chi connectivity index (χ2n) is 7.30. The molecule has 1 atom stereocenters. The van der Waals surface area contributed by atoms with Gasteiger partial charge in [-0.3, -0.25) is 14.5 Å². The number of hydrogen-bond donors (Lipinski definition) is 2. The second-order valence-corrected chi connectivity index (χ2v) is 8.52. The molecule has 0 radical (unpaired) electrons. The number of imide groups is 1. The minimum atomic E-state index is -1.29. The Kier molecular flexibility index (Phi) is 5.56. The number of fused-ring (bicyclic) bond motifs is 1. The van der Waals surface area contributed by atoms with Crippen LogP contribution < -0.4 is 10.6 Å². The highest BCUT2D eigenvalue weighted by molar-refractivity contribution is 6.44. The molecule has 1 aliphatic heterocycles. The van der Waals surface area contributed by atoms with Crippen molar-refractivity contribution in [3.63, 3.8) is 0 Å². The third kappa shape index (κ3) is 3.94. The number of anilines is 1. The zero-order chi connectivity index (χ0) is 22.3. The van der Waals surface area contributed by atoms with Crippen molar-refractivity contribution >= 4 is 69.1 Å². The Labute approximate surface area is 193 Å². The van der Waals surface area contributed by atoms with Crippen molar-refractivity contribution in [2.24, 2.45) is 0 Å². The second kappa shape index (κ2) is 8.04. The van der Waals surface area contributed by atoms with Gasteiger partial charge >= 0.3 is 6.03 Å². The van der Waals surface area contributed by atoms with Gasteiger partial charge in [0.15, 0.2) is 0 Å². The molecular formula is C22H16Cl3N3O3. The van der Waals surface area contributed by atoms with Crippen molar-refractivity contribution < 1.29 is 14.4 Å². The van der Waals surface area contributed by atoms with Crippen LogP contribution in [0.5, 0.6) is 0 Å². The van der Waals surface area contributed by atoms with Gasteiger partial charge in [-0.25, -0.2) is 4.79 Å². The number of benzene rings is 3. The van der Waals surface area contributed by atoms with Crippen LogP contribution in [0.4, 0.5) is 10.5 Å². The van der Waals surface area contributed by atoms with Crippen LogP contribution in [0.1, 0.15) is 12.5 Å². The average molecular weight is 477 g/mol. The first-order valence-electron chi connectivity index (χ1n) is 9.27. The molecule has 158 valence electrons. The van der Waals surface area contributed by atoms with Crippen molar-refractivity contribution in [1.29, 1.82) is 0 Å². The Morgan fingerprint density at radius 2 is 1.65 bits per heavy atom. The molecule has 1 saturated heterocycles. The smallest absolute Gasteiger partial charge is 0.323 e. The lowest BCUT2D eigenvalue weighted by molar-refractivity contribution is -0.133. The molecule has 2 N–H and O–H groups in total. The van der Waals surface area contributed by atoms with Crippen LogP contribution in [0.25, 0.3) is 10.8 Å². The molecule has 1 unspecified atom stereocenters. The SMILES string of the molecule is CC1(c2ccc3ccccc3c2)NC(=O)N(CC(=O)Nc2cc(Cl)c(Cl)cc2Cl)C1=O. The summed E-state index contributed by atoms with van der Waals surface area (Å²) in [6.45, 7) is 1.13. The van der Waals surface area contributed by atoms with Gasteiger partial charge < -0.3 is 10.6 Å². The quantitative estimate of drug-likeness (QED) is 0.401. The number of hydrogen-bond acceptors (Lipinski definition) is 3. The van der Waals surface area contributed by atoms with Crippen LogP contribution in [0.2, 0.25) is 15.1 Å². The summed E-state index contributed by atoms with van der Waals surface area (Å²) < 4.78 is 0. The lowest BCUT2D eigenvalue weighted by atomic mass is 9.90. The molecule has 0 saturated carbocycles. The number of amides is 4. The standard InChI is InChI=1S/C22H16Cl3N3O3/c1-22(14-7-6-12-4-2-3-5-13(12)8-14)20(30)28(21(31)27-22)11-19(29)26-18-10-16(24)15(23)9-17(18)25/h2-10H,11H2,1H3,(H,26,29)(H,27,31). The summed E-state index contributed by atoms with van der Waals surface area (Å²) in [5, 5.41) is 7.84. The molecule has 3 aromatic rings. The largest absolute Gasteiger partial charge is 0.325 e. The highest BCUT2D eigenvalue weighted by Crippen LogP contribution is 2.33. The van der Waals surface area contributed by atoms with Gasteiger partial charge in [0.05, 0.1) is 20.8 Å². The number of halogens is 3. The highest BCUT2D eigenvalue weighted by Gasteiger charge is 2.49. The van der Waals surface area contributed by atoms with E-state index in [2.05, 4.69) is 10.6 Å². The molecule has 4 rings (SSSR count). The van der Waals surface area contributed by atoms with Crippen molar-refractivity contribution in [2.45, 2.75) is 12.5 Å². The molecular weight excluding hydrogens is 461 g/mol. The predicted octanol–water partition coefficient (Wildman–Crippen LogP) is 5.21. The minimum absolute atomic E-state index is 0.181. The monoisotopic (exact) mass is 475 g/mol. The fourth-order valence-corrected chi connectivity index (χ4v) is 4.08. The van der Waals surface area contributed by atoms with E-state index < -0.39 is 29.9 Å². The third-order valence-corrected chi connectivity index (χ3v) is 6.22. The van der Waals surface area contributed by atoms with Crippen LogP contribution in [0.15, 0.2) is 54.6 Å². The van der Waals surface area contributed by atoms with Gasteiger partial charge in [-0.05, 0) is 41.5 Å². The van der Waals surface area contributed by atoms with Crippen molar-refractivity contribution in [3.8, 4) is 0 Å².